The third-order valence-corrected chi connectivity index (χ3v) is 4.61. The van der Waals surface area contributed by atoms with Crippen molar-refractivity contribution < 1.29 is 9.21 Å². The Morgan fingerprint density at radius 2 is 2.32 bits per heavy atom. The van der Waals surface area contributed by atoms with Crippen LogP contribution >= 0.6 is 27.3 Å². The summed E-state index contributed by atoms with van der Waals surface area (Å²) >= 11 is 4.78. The first kappa shape index (κ1) is 14.3. The topological polar surface area (TPSA) is 45.5 Å². The van der Waals surface area contributed by atoms with E-state index in [4.69, 9.17) is 4.42 Å². The van der Waals surface area contributed by atoms with E-state index in [-0.39, 0.29) is 11.9 Å². The number of hydrogen-bond donors (Lipinski definition) is 1. The molecule has 0 aliphatic carbocycles. The lowest BCUT2D eigenvalue weighted by Crippen LogP contribution is -2.34. The van der Waals surface area contributed by atoms with Gasteiger partial charge in [0.15, 0.2) is 0 Å². The van der Waals surface area contributed by atoms with Crippen molar-refractivity contribution in [3.63, 3.8) is 0 Å². The molecule has 2 heterocycles. The van der Waals surface area contributed by atoms with E-state index in [9.17, 15) is 4.79 Å². The average molecular weight is 343 g/mol. The first-order valence-corrected chi connectivity index (χ1v) is 7.48. The maximum absolute atomic E-state index is 12.0. The number of rotatable bonds is 5. The molecule has 1 atom stereocenters. The largest absolute Gasteiger partial charge is 0.468 e. The fourth-order valence-corrected chi connectivity index (χ4v) is 3.21. The van der Waals surface area contributed by atoms with Crippen molar-refractivity contribution in [2.45, 2.75) is 6.04 Å². The Hall–Kier alpha value is -1.11. The van der Waals surface area contributed by atoms with Gasteiger partial charge >= 0.3 is 0 Å². The number of nitrogens with zero attached hydrogens (tertiary/aromatic N) is 1. The molecule has 0 aliphatic heterocycles. The van der Waals surface area contributed by atoms with Crippen molar-refractivity contribution in [3.8, 4) is 0 Å². The summed E-state index contributed by atoms with van der Waals surface area (Å²) in [5.74, 6) is 0.774. The minimum absolute atomic E-state index is 0.0256. The van der Waals surface area contributed by atoms with Crippen molar-refractivity contribution in [2.24, 2.45) is 0 Å². The third kappa shape index (κ3) is 3.46. The highest BCUT2D eigenvalue weighted by molar-refractivity contribution is 9.10. The summed E-state index contributed by atoms with van der Waals surface area (Å²) in [6.07, 6.45) is 1.64. The summed E-state index contributed by atoms with van der Waals surface area (Å²) in [6.45, 7) is 0.504. The molecule has 102 valence electrons. The molecule has 1 N–H and O–H groups in total. The molecule has 2 aromatic heterocycles. The van der Waals surface area contributed by atoms with Gasteiger partial charge in [-0.25, -0.2) is 0 Å². The number of furan rings is 1. The molecule has 0 saturated carbocycles. The predicted molar refractivity (Wildman–Crippen MR) is 79.5 cm³/mol. The van der Waals surface area contributed by atoms with Crippen LogP contribution in [0, 0.1) is 0 Å². The fourth-order valence-electron chi connectivity index (χ4n) is 1.74. The second-order valence-corrected chi connectivity index (χ2v) is 6.07. The molecule has 2 rings (SSSR count). The smallest absolute Gasteiger partial charge is 0.262 e. The lowest BCUT2D eigenvalue weighted by atomic mass is 10.2. The Kier molecular flexibility index (Phi) is 4.79. The first-order valence-electron chi connectivity index (χ1n) is 5.80. The number of likely N-dealkylation sites (N-methyl/N-ethyl adjacent to an activating group) is 1. The molecule has 4 nitrogen and oxygen atoms in total. The SMILES string of the molecule is CN(C)C(CNC(=O)c1sccc1Br)c1ccco1. The number of carbonyl (C=O) groups excluding carboxylic acids is 1. The van der Waals surface area contributed by atoms with Gasteiger partial charge in [-0.05, 0) is 53.6 Å². The van der Waals surface area contributed by atoms with Gasteiger partial charge in [0, 0.05) is 11.0 Å². The minimum atomic E-state index is -0.0692. The van der Waals surface area contributed by atoms with E-state index in [1.54, 1.807) is 6.26 Å². The molecule has 0 fully saturated rings. The van der Waals surface area contributed by atoms with Crippen molar-refractivity contribution in [1.82, 2.24) is 10.2 Å². The minimum Gasteiger partial charge on any atom is -0.468 e. The van der Waals surface area contributed by atoms with Crippen LogP contribution in [0.25, 0.3) is 0 Å². The Balaban J connectivity index is 2.00. The first-order chi connectivity index (χ1) is 9.09. The zero-order valence-electron chi connectivity index (χ0n) is 10.7. The van der Waals surface area contributed by atoms with Crippen molar-refractivity contribution >= 4 is 33.2 Å². The van der Waals surface area contributed by atoms with Crippen LogP contribution in [-0.4, -0.2) is 31.4 Å². The van der Waals surface area contributed by atoms with Crippen LogP contribution < -0.4 is 5.32 Å². The van der Waals surface area contributed by atoms with Crippen LogP contribution in [0.2, 0.25) is 0 Å². The van der Waals surface area contributed by atoms with Gasteiger partial charge in [-0.15, -0.1) is 11.3 Å². The highest BCUT2D eigenvalue weighted by atomic mass is 79.9. The van der Waals surface area contributed by atoms with E-state index in [1.807, 2.05) is 42.6 Å². The predicted octanol–water partition coefficient (Wildman–Crippen LogP) is 3.14. The van der Waals surface area contributed by atoms with Gasteiger partial charge in [-0.1, -0.05) is 0 Å². The molecular weight excluding hydrogens is 328 g/mol. The highest BCUT2D eigenvalue weighted by Crippen LogP contribution is 2.23. The molecule has 0 spiro atoms. The van der Waals surface area contributed by atoms with Gasteiger partial charge in [-0.2, -0.15) is 0 Å². The van der Waals surface area contributed by atoms with Crippen LogP contribution in [-0.2, 0) is 0 Å². The van der Waals surface area contributed by atoms with E-state index >= 15 is 0 Å². The normalized spacial score (nSPS) is 12.6. The Morgan fingerprint density at radius 1 is 1.53 bits per heavy atom. The summed E-state index contributed by atoms with van der Waals surface area (Å²) in [4.78, 5) is 14.8. The Morgan fingerprint density at radius 3 is 2.84 bits per heavy atom. The van der Waals surface area contributed by atoms with Gasteiger partial charge in [0.25, 0.3) is 5.91 Å². The molecule has 6 heteroatoms. The summed E-state index contributed by atoms with van der Waals surface area (Å²) in [6, 6.07) is 5.66. The summed E-state index contributed by atoms with van der Waals surface area (Å²) in [5, 5.41) is 4.82. The van der Waals surface area contributed by atoms with Crippen molar-refractivity contribution in [2.75, 3.05) is 20.6 Å². The monoisotopic (exact) mass is 342 g/mol. The van der Waals surface area contributed by atoms with E-state index in [1.165, 1.54) is 11.3 Å². The molecule has 19 heavy (non-hydrogen) atoms. The zero-order chi connectivity index (χ0) is 13.8. The molecule has 0 radical (unpaired) electrons. The van der Waals surface area contributed by atoms with Crippen LogP contribution in [0.5, 0.6) is 0 Å². The quantitative estimate of drug-likeness (QED) is 0.907. The summed E-state index contributed by atoms with van der Waals surface area (Å²) in [5.41, 5.74) is 0. The molecule has 0 bridgehead atoms. The molecule has 0 saturated heterocycles. The second-order valence-electron chi connectivity index (χ2n) is 4.30. The van der Waals surface area contributed by atoms with Crippen LogP contribution in [0.1, 0.15) is 21.5 Å². The molecule has 0 aromatic carbocycles. The molecule has 0 aliphatic rings. The second kappa shape index (κ2) is 6.36. The molecule has 1 unspecified atom stereocenters. The third-order valence-electron chi connectivity index (χ3n) is 2.77. The average Bonchev–Trinajstić information content (AvgIpc) is 3.00. The fraction of sp³-hybridized carbons (Fsp3) is 0.308. The highest BCUT2D eigenvalue weighted by Gasteiger charge is 2.19. The lowest BCUT2D eigenvalue weighted by Gasteiger charge is -2.22. The maximum atomic E-state index is 12.0. The van der Waals surface area contributed by atoms with Crippen LogP contribution in [0.4, 0.5) is 0 Å². The standard InChI is InChI=1S/C13H15BrN2O2S/c1-16(2)10(11-4-3-6-18-11)8-15-13(17)12-9(14)5-7-19-12/h3-7,10H,8H2,1-2H3,(H,15,17). The molecule has 1 amide bonds. The maximum Gasteiger partial charge on any atom is 0.262 e. The van der Waals surface area contributed by atoms with E-state index < -0.39 is 0 Å². The van der Waals surface area contributed by atoms with Gasteiger partial charge in [-0.3, -0.25) is 9.69 Å². The van der Waals surface area contributed by atoms with Crippen LogP contribution in [0.3, 0.4) is 0 Å². The van der Waals surface area contributed by atoms with Gasteiger partial charge < -0.3 is 9.73 Å². The summed E-state index contributed by atoms with van der Waals surface area (Å²) in [7, 11) is 3.92. The number of halogens is 1. The number of hydrogen-bond acceptors (Lipinski definition) is 4. The number of amides is 1. The number of thiophene rings is 1. The van der Waals surface area contributed by atoms with E-state index in [0.717, 1.165) is 10.2 Å². The number of nitrogens with one attached hydrogen (secondary N) is 1. The van der Waals surface area contributed by atoms with Gasteiger partial charge in [0.2, 0.25) is 0 Å². The van der Waals surface area contributed by atoms with Crippen LogP contribution in [0.15, 0.2) is 38.7 Å². The lowest BCUT2D eigenvalue weighted by molar-refractivity contribution is 0.0942. The van der Waals surface area contributed by atoms with Gasteiger partial charge in [0.1, 0.15) is 10.6 Å². The van der Waals surface area contributed by atoms with E-state index in [2.05, 4.69) is 21.2 Å². The molecule has 2 aromatic rings. The van der Waals surface area contributed by atoms with Crippen molar-refractivity contribution in [3.05, 3.63) is 45.0 Å². The Bertz CT molecular complexity index is 537. The van der Waals surface area contributed by atoms with E-state index in [0.29, 0.717) is 11.4 Å². The Labute approximate surface area is 124 Å². The number of carbonyl (C=O) groups is 1. The zero-order valence-corrected chi connectivity index (χ0v) is 13.1. The van der Waals surface area contributed by atoms with Gasteiger partial charge in [0.05, 0.1) is 12.3 Å². The molecular formula is C13H15BrN2O2S. The van der Waals surface area contributed by atoms with Crippen molar-refractivity contribution in [1.29, 1.82) is 0 Å². The summed E-state index contributed by atoms with van der Waals surface area (Å²) < 4.78 is 6.23.